The van der Waals surface area contributed by atoms with E-state index >= 15 is 0 Å². The Hall–Kier alpha value is -3.13. The summed E-state index contributed by atoms with van der Waals surface area (Å²) in [5, 5.41) is 10.1. The highest BCUT2D eigenvalue weighted by Crippen LogP contribution is 2.51. The minimum absolute atomic E-state index is 0.150. The van der Waals surface area contributed by atoms with Crippen LogP contribution < -0.4 is 23.7 Å². The largest absolute Gasteiger partial charge is 0.493 e. The summed E-state index contributed by atoms with van der Waals surface area (Å²) in [4.78, 5) is 12.9. The molecule has 0 bridgehead atoms. The van der Waals surface area contributed by atoms with Crippen molar-refractivity contribution >= 4 is 5.97 Å². The van der Waals surface area contributed by atoms with Crippen LogP contribution in [0.4, 0.5) is 0 Å². The van der Waals surface area contributed by atoms with E-state index in [-0.39, 0.29) is 25.3 Å². The zero-order valence-electron chi connectivity index (χ0n) is 18.0. The number of aliphatic hydroxyl groups is 1. The molecule has 1 aliphatic carbocycles. The normalized spacial score (nSPS) is 21.3. The smallest absolute Gasteiger partial charge is 0.310 e. The molecule has 4 rings (SSSR count). The van der Waals surface area contributed by atoms with Gasteiger partial charge in [0.15, 0.2) is 23.0 Å². The lowest BCUT2D eigenvalue weighted by molar-refractivity contribution is -0.149. The van der Waals surface area contributed by atoms with Gasteiger partial charge in [-0.05, 0) is 47.4 Å². The molecule has 0 spiro atoms. The number of esters is 1. The number of benzene rings is 2. The van der Waals surface area contributed by atoms with Gasteiger partial charge >= 0.3 is 5.97 Å². The second-order valence-corrected chi connectivity index (χ2v) is 7.54. The highest BCUT2D eigenvalue weighted by atomic mass is 16.7. The van der Waals surface area contributed by atoms with Gasteiger partial charge in [-0.1, -0.05) is 0 Å². The molecule has 166 valence electrons. The van der Waals surface area contributed by atoms with Crippen LogP contribution in [-0.4, -0.2) is 52.9 Å². The Balaban J connectivity index is 1.95. The van der Waals surface area contributed by atoms with Crippen molar-refractivity contribution in [3.05, 3.63) is 41.0 Å². The van der Waals surface area contributed by atoms with Crippen molar-refractivity contribution in [2.45, 2.75) is 12.3 Å². The SMILES string of the molecule is COC(=O)[C@H]1[C@H](CO)Cc2cc3c(cc2[C@H]1c1cc(OC)c(OC)c(OC)c1)OCO3. The summed E-state index contributed by atoms with van der Waals surface area (Å²) >= 11 is 0. The lowest BCUT2D eigenvalue weighted by atomic mass is 9.66. The zero-order valence-corrected chi connectivity index (χ0v) is 18.0. The van der Waals surface area contributed by atoms with Crippen LogP contribution in [0, 0.1) is 11.8 Å². The van der Waals surface area contributed by atoms with Crippen molar-refractivity contribution < 1.29 is 38.3 Å². The van der Waals surface area contributed by atoms with Crippen molar-refractivity contribution in [3.63, 3.8) is 0 Å². The van der Waals surface area contributed by atoms with Gasteiger partial charge in [0, 0.05) is 18.4 Å². The summed E-state index contributed by atoms with van der Waals surface area (Å²) in [6, 6.07) is 7.50. The van der Waals surface area contributed by atoms with E-state index in [2.05, 4.69) is 0 Å². The second kappa shape index (κ2) is 8.55. The molecule has 0 radical (unpaired) electrons. The molecule has 0 amide bonds. The molecule has 8 heteroatoms. The molecule has 0 saturated heterocycles. The number of methoxy groups -OCH3 is 4. The summed E-state index contributed by atoms with van der Waals surface area (Å²) in [7, 11) is 5.98. The van der Waals surface area contributed by atoms with Crippen molar-refractivity contribution in [3.8, 4) is 28.7 Å². The summed E-state index contributed by atoms with van der Waals surface area (Å²) in [6.07, 6.45) is 0.517. The van der Waals surface area contributed by atoms with Crippen LogP contribution in [-0.2, 0) is 16.0 Å². The van der Waals surface area contributed by atoms with E-state index < -0.39 is 11.8 Å². The van der Waals surface area contributed by atoms with E-state index in [1.807, 2.05) is 24.3 Å². The molecule has 0 unspecified atom stereocenters. The molecule has 0 saturated carbocycles. The standard InChI is InChI=1S/C23H26O8/c1-26-18-7-13(8-19(27-2)22(18)28-3)20-15-9-17-16(30-11-31-17)6-12(15)5-14(10-24)21(20)23(25)29-4/h6-9,14,20-21,24H,5,10-11H2,1-4H3/t14-,20+,21-/m0/s1. The van der Waals surface area contributed by atoms with E-state index in [0.29, 0.717) is 35.2 Å². The topological polar surface area (TPSA) is 92.7 Å². The first kappa shape index (κ1) is 21.1. The quantitative estimate of drug-likeness (QED) is 0.699. The maximum absolute atomic E-state index is 12.9. The number of aliphatic hydroxyl groups excluding tert-OH is 1. The Kier molecular flexibility index (Phi) is 5.82. The van der Waals surface area contributed by atoms with Gasteiger partial charge in [-0.3, -0.25) is 4.79 Å². The van der Waals surface area contributed by atoms with Gasteiger partial charge < -0.3 is 33.5 Å². The van der Waals surface area contributed by atoms with Crippen LogP contribution in [0.1, 0.15) is 22.6 Å². The number of carbonyl (C=O) groups is 1. The average molecular weight is 430 g/mol. The van der Waals surface area contributed by atoms with E-state index in [1.54, 1.807) is 14.2 Å². The molecule has 3 atom stereocenters. The number of fused-ring (bicyclic) bond motifs is 2. The van der Waals surface area contributed by atoms with Gasteiger partial charge in [-0.15, -0.1) is 0 Å². The van der Waals surface area contributed by atoms with E-state index in [1.165, 1.54) is 14.2 Å². The maximum Gasteiger partial charge on any atom is 0.310 e. The van der Waals surface area contributed by atoms with Crippen LogP contribution >= 0.6 is 0 Å². The lowest BCUT2D eigenvalue weighted by Crippen LogP contribution is -2.38. The van der Waals surface area contributed by atoms with Gasteiger partial charge in [0.05, 0.1) is 34.4 Å². The molecule has 1 heterocycles. The highest BCUT2D eigenvalue weighted by molar-refractivity contribution is 5.76. The fraction of sp³-hybridized carbons (Fsp3) is 0.435. The Bertz CT molecular complexity index is 961. The molecule has 2 aromatic carbocycles. The van der Waals surface area contributed by atoms with Crippen molar-refractivity contribution in [1.82, 2.24) is 0 Å². The second-order valence-electron chi connectivity index (χ2n) is 7.54. The van der Waals surface area contributed by atoms with E-state index in [0.717, 1.165) is 16.7 Å². The predicted octanol–water partition coefficient (Wildman–Crippen LogP) is 2.53. The molecule has 0 fully saturated rings. The minimum Gasteiger partial charge on any atom is -0.493 e. The number of carbonyl (C=O) groups excluding carboxylic acids is 1. The third-order valence-corrected chi connectivity index (χ3v) is 6.07. The zero-order chi connectivity index (χ0) is 22.1. The van der Waals surface area contributed by atoms with Crippen LogP contribution in [0.5, 0.6) is 28.7 Å². The first-order chi connectivity index (χ1) is 15.1. The number of hydrogen-bond acceptors (Lipinski definition) is 8. The predicted molar refractivity (Wildman–Crippen MR) is 110 cm³/mol. The van der Waals surface area contributed by atoms with Crippen LogP contribution in [0.2, 0.25) is 0 Å². The fourth-order valence-electron chi connectivity index (χ4n) is 4.65. The molecule has 2 aromatic rings. The van der Waals surface area contributed by atoms with Crippen molar-refractivity contribution in [2.24, 2.45) is 11.8 Å². The Morgan fingerprint density at radius 2 is 1.65 bits per heavy atom. The average Bonchev–Trinajstić information content (AvgIpc) is 3.27. The Labute approximate surface area is 180 Å². The van der Waals surface area contributed by atoms with Gasteiger partial charge in [0.1, 0.15) is 0 Å². The van der Waals surface area contributed by atoms with Gasteiger partial charge in [0.25, 0.3) is 0 Å². The maximum atomic E-state index is 12.9. The number of hydrogen-bond donors (Lipinski definition) is 1. The van der Waals surface area contributed by atoms with Gasteiger partial charge in [0.2, 0.25) is 12.5 Å². The summed E-state index contributed by atoms with van der Waals surface area (Å²) < 4.78 is 32.8. The molecule has 0 aromatic heterocycles. The van der Waals surface area contributed by atoms with E-state index in [4.69, 9.17) is 28.4 Å². The van der Waals surface area contributed by atoms with Gasteiger partial charge in [-0.2, -0.15) is 0 Å². The first-order valence-electron chi connectivity index (χ1n) is 9.97. The molecule has 1 aliphatic heterocycles. The molecule has 2 aliphatic rings. The van der Waals surface area contributed by atoms with Crippen molar-refractivity contribution in [1.29, 1.82) is 0 Å². The van der Waals surface area contributed by atoms with Crippen molar-refractivity contribution in [2.75, 3.05) is 41.8 Å². The van der Waals surface area contributed by atoms with Gasteiger partial charge in [-0.25, -0.2) is 0 Å². The molecular weight excluding hydrogens is 404 g/mol. The van der Waals surface area contributed by atoms with Crippen LogP contribution in [0.25, 0.3) is 0 Å². The Morgan fingerprint density at radius 1 is 1.00 bits per heavy atom. The summed E-state index contributed by atoms with van der Waals surface area (Å²) in [5.74, 6) is 0.970. The lowest BCUT2D eigenvalue weighted by Gasteiger charge is -2.38. The summed E-state index contributed by atoms with van der Waals surface area (Å²) in [6.45, 7) is -0.00843. The third-order valence-electron chi connectivity index (χ3n) is 6.07. The molecular formula is C23H26O8. The van der Waals surface area contributed by atoms with E-state index in [9.17, 15) is 9.90 Å². The minimum atomic E-state index is -0.606. The van der Waals surface area contributed by atoms with Crippen LogP contribution in [0.3, 0.4) is 0 Å². The first-order valence-corrected chi connectivity index (χ1v) is 9.97. The molecule has 8 nitrogen and oxygen atoms in total. The third kappa shape index (κ3) is 3.50. The summed E-state index contributed by atoms with van der Waals surface area (Å²) in [5.41, 5.74) is 2.68. The monoisotopic (exact) mass is 430 g/mol. The fourth-order valence-corrected chi connectivity index (χ4v) is 4.65. The molecule has 1 N–H and O–H groups in total. The van der Waals surface area contributed by atoms with Crippen LogP contribution in [0.15, 0.2) is 24.3 Å². The number of ether oxygens (including phenoxy) is 6. The highest BCUT2D eigenvalue weighted by Gasteiger charge is 2.44. The number of rotatable bonds is 6. The molecule has 31 heavy (non-hydrogen) atoms. The Morgan fingerprint density at radius 3 is 2.19 bits per heavy atom.